The topological polar surface area (TPSA) is 58.2 Å². The Kier molecular flexibility index (Phi) is 11.2. The zero-order valence-corrected chi connectivity index (χ0v) is 16.0. The SMILES string of the molecule is CC(C)NC=C1C=CC=CC1=O.CC(C)NC=C1C=CC=CC1=O.[Ni]. The van der Waals surface area contributed by atoms with Gasteiger partial charge in [-0.1, -0.05) is 24.3 Å². The number of carbonyl (C=O) groups is 2. The van der Waals surface area contributed by atoms with E-state index in [4.69, 9.17) is 0 Å². The second kappa shape index (κ2) is 12.3. The van der Waals surface area contributed by atoms with Crippen molar-refractivity contribution >= 4 is 11.6 Å². The number of carbonyl (C=O) groups excluding carboxylic acids is 2. The monoisotopic (exact) mass is 384 g/mol. The fourth-order valence-electron chi connectivity index (χ4n) is 1.71. The summed E-state index contributed by atoms with van der Waals surface area (Å²) >= 11 is 0. The third-order valence-corrected chi connectivity index (χ3v) is 2.98. The molecule has 2 N–H and O–H groups in total. The van der Waals surface area contributed by atoms with Gasteiger partial charge in [0, 0.05) is 52.1 Å². The fraction of sp³-hybridized carbons (Fsp3) is 0.300. The zero-order chi connectivity index (χ0) is 17.9. The van der Waals surface area contributed by atoms with Gasteiger partial charge in [-0.3, -0.25) is 9.59 Å². The molecule has 0 heterocycles. The third kappa shape index (κ3) is 9.68. The number of hydrogen-bond donors (Lipinski definition) is 2. The molecule has 0 atom stereocenters. The first-order chi connectivity index (χ1) is 11.4. The van der Waals surface area contributed by atoms with Crippen LogP contribution in [0.15, 0.2) is 72.2 Å². The second-order valence-electron chi connectivity index (χ2n) is 6.01. The molecule has 0 radical (unpaired) electrons. The van der Waals surface area contributed by atoms with E-state index in [1.54, 1.807) is 48.9 Å². The second-order valence-corrected chi connectivity index (χ2v) is 6.01. The molecule has 0 amide bonds. The number of nitrogens with one attached hydrogen (secondary N) is 2. The Balaban J connectivity index is 0.000000443. The summed E-state index contributed by atoms with van der Waals surface area (Å²) in [6.07, 6.45) is 17.5. The van der Waals surface area contributed by atoms with Crippen molar-refractivity contribution in [1.82, 2.24) is 10.6 Å². The predicted molar refractivity (Wildman–Crippen MR) is 99.3 cm³/mol. The Hall–Kier alpha value is -2.13. The number of allylic oxidation sites excluding steroid dienone is 10. The van der Waals surface area contributed by atoms with Gasteiger partial charge in [0.25, 0.3) is 0 Å². The van der Waals surface area contributed by atoms with Crippen LogP contribution in [0.25, 0.3) is 0 Å². The number of ketones is 2. The van der Waals surface area contributed by atoms with Crippen LogP contribution in [0.5, 0.6) is 0 Å². The summed E-state index contributed by atoms with van der Waals surface area (Å²) in [5.41, 5.74) is 1.43. The van der Waals surface area contributed by atoms with Crippen LogP contribution in [0.3, 0.4) is 0 Å². The molecular formula is C20H26N2NiO2. The summed E-state index contributed by atoms with van der Waals surface area (Å²) in [6, 6.07) is 0.731. The van der Waals surface area contributed by atoms with E-state index >= 15 is 0 Å². The maximum atomic E-state index is 11.2. The summed E-state index contributed by atoms with van der Waals surface area (Å²) in [5.74, 6) is 0.122. The minimum absolute atomic E-state index is 0. The molecule has 0 aromatic rings. The molecule has 0 saturated heterocycles. The average Bonchev–Trinajstić information content (AvgIpc) is 2.54. The van der Waals surface area contributed by atoms with Crippen LogP contribution in [-0.2, 0) is 26.1 Å². The van der Waals surface area contributed by atoms with Crippen molar-refractivity contribution in [2.45, 2.75) is 39.8 Å². The van der Waals surface area contributed by atoms with Crippen molar-refractivity contribution in [3.05, 3.63) is 72.2 Å². The van der Waals surface area contributed by atoms with Crippen LogP contribution >= 0.6 is 0 Å². The minimum atomic E-state index is 0. The maximum absolute atomic E-state index is 11.2. The van der Waals surface area contributed by atoms with Gasteiger partial charge in [0.15, 0.2) is 11.6 Å². The van der Waals surface area contributed by atoms with Crippen LogP contribution < -0.4 is 10.6 Å². The summed E-state index contributed by atoms with van der Waals surface area (Å²) in [6.45, 7) is 8.13. The van der Waals surface area contributed by atoms with E-state index in [2.05, 4.69) is 10.6 Å². The van der Waals surface area contributed by atoms with Gasteiger partial charge >= 0.3 is 0 Å². The maximum Gasteiger partial charge on any atom is 0.187 e. The molecule has 0 spiro atoms. The van der Waals surface area contributed by atoms with Gasteiger partial charge in [-0.05, 0) is 52.0 Å². The summed E-state index contributed by atoms with van der Waals surface area (Å²) in [4.78, 5) is 22.3. The molecule has 5 heteroatoms. The van der Waals surface area contributed by atoms with Crippen molar-refractivity contribution in [3.63, 3.8) is 0 Å². The molecule has 4 nitrogen and oxygen atoms in total. The van der Waals surface area contributed by atoms with Crippen molar-refractivity contribution in [2.75, 3.05) is 0 Å². The van der Waals surface area contributed by atoms with E-state index in [1.807, 2.05) is 39.8 Å². The van der Waals surface area contributed by atoms with E-state index in [1.165, 1.54) is 0 Å². The molecule has 2 rings (SSSR count). The van der Waals surface area contributed by atoms with E-state index in [9.17, 15) is 9.59 Å². The van der Waals surface area contributed by atoms with Gasteiger partial charge in [0.1, 0.15) is 0 Å². The van der Waals surface area contributed by atoms with Crippen molar-refractivity contribution in [1.29, 1.82) is 0 Å². The average molecular weight is 385 g/mol. The van der Waals surface area contributed by atoms with E-state index in [0.29, 0.717) is 23.2 Å². The largest absolute Gasteiger partial charge is 0.388 e. The number of hydrogen-bond acceptors (Lipinski definition) is 4. The van der Waals surface area contributed by atoms with Gasteiger partial charge in [0.05, 0.1) is 0 Å². The third-order valence-electron chi connectivity index (χ3n) is 2.98. The van der Waals surface area contributed by atoms with Crippen molar-refractivity contribution < 1.29 is 26.1 Å². The molecule has 2 aliphatic carbocycles. The zero-order valence-electron chi connectivity index (χ0n) is 15.1. The Morgan fingerprint density at radius 2 is 1.00 bits per heavy atom. The molecule has 0 aromatic heterocycles. The van der Waals surface area contributed by atoms with Crippen LogP contribution in [0, 0.1) is 0 Å². The minimum Gasteiger partial charge on any atom is -0.388 e. The first-order valence-corrected chi connectivity index (χ1v) is 8.10. The molecule has 138 valence electrons. The van der Waals surface area contributed by atoms with Gasteiger partial charge in [0.2, 0.25) is 0 Å². The van der Waals surface area contributed by atoms with Crippen LogP contribution in [0.1, 0.15) is 27.7 Å². The first kappa shape index (κ1) is 22.9. The van der Waals surface area contributed by atoms with Gasteiger partial charge in [-0.25, -0.2) is 0 Å². The molecule has 25 heavy (non-hydrogen) atoms. The number of rotatable bonds is 4. The van der Waals surface area contributed by atoms with Gasteiger partial charge in [-0.2, -0.15) is 0 Å². The van der Waals surface area contributed by atoms with Gasteiger partial charge < -0.3 is 10.6 Å². The molecule has 0 bridgehead atoms. The standard InChI is InChI=1S/2C10H13NO.Ni/c2*1-8(2)11-7-9-5-3-4-6-10(9)12;/h2*3-8,11H,1-2H3;. The Morgan fingerprint density at radius 1 is 0.680 bits per heavy atom. The molecule has 0 unspecified atom stereocenters. The van der Waals surface area contributed by atoms with Crippen LogP contribution in [-0.4, -0.2) is 23.7 Å². The Morgan fingerprint density at radius 3 is 1.28 bits per heavy atom. The first-order valence-electron chi connectivity index (χ1n) is 8.10. The molecule has 0 fully saturated rings. The quantitative estimate of drug-likeness (QED) is 0.577. The van der Waals surface area contributed by atoms with Gasteiger partial charge in [-0.15, -0.1) is 0 Å². The van der Waals surface area contributed by atoms with Crippen molar-refractivity contribution in [3.8, 4) is 0 Å². The summed E-state index contributed by atoms with van der Waals surface area (Å²) in [5, 5.41) is 6.16. The molecule has 2 aliphatic rings. The normalized spacial score (nSPS) is 18.5. The van der Waals surface area contributed by atoms with Crippen LogP contribution in [0.4, 0.5) is 0 Å². The smallest absolute Gasteiger partial charge is 0.187 e. The van der Waals surface area contributed by atoms with Crippen LogP contribution in [0.2, 0.25) is 0 Å². The fourth-order valence-corrected chi connectivity index (χ4v) is 1.71. The van der Waals surface area contributed by atoms with E-state index in [0.717, 1.165) is 0 Å². The molecule has 0 aromatic carbocycles. The predicted octanol–water partition coefficient (Wildman–Crippen LogP) is 3.12. The summed E-state index contributed by atoms with van der Waals surface area (Å²) < 4.78 is 0. The summed E-state index contributed by atoms with van der Waals surface area (Å²) in [7, 11) is 0. The molecule has 0 saturated carbocycles. The van der Waals surface area contributed by atoms with Crippen molar-refractivity contribution in [2.24, 2.45) is 0 Å². The molecule has 0 aliphatic heterocycles. The van der Waals surface area contributed by atoms with E-state index < -0.39 is 0 Å². The molecular weight excluding hydrogens is 359 g/mol. The Bertz CT molecular complexity index is 580. The van der Waals surface area contributed by atoms with E-state index in [-0.39, 0.29) is 28.1 Å². The Labute approximate surface area is 160 Å².